The van der Waals surface area contributed by atoms with Gasteiger partial charge in [-0.15, -0.1) is 0 Å². The predicted octanol–water partition coefficient (Wildman–Crippen LogP) is 0.868. The van der Waals surface area contributed by atoms with Gasteiger partial charge in [0.05, 0.1) is 0 Å². The van der Waals surface area contributed by atoms with Gasteiger partial charge in [-0.3, -0.25) is 14.4 Å². The van der Waals surface area contributed by atoms with Crippen LogP contribution in [0.3, 0.4) is 0 Å². The normalized spacial score (nSPS) is 21.3. The molecule has 24 heavy (non-hydrogen) atoms. The van der Waals surface area contributed by atoms with E-state index in [1.807, 2.05) is 30.3 Å². The Morgan fingerprint density at radius 2 is 1.67 bits per heavy atom. The lowest BCUT2D eigenvalue weighted by Crippen LogP contribution is -2.54. The van der Waals surface area contributed by atoms with E-state index < -0.39 is 0 Å². The van der Waals surface area contributed by atoms with E-state index in [-0.39, 0.29) is 23.8 Å². The van der Waals surface area contributed by atoms with E-state index in [0.29, 0.717) is 45.6 Å². The summed E-state index contributed by atoms with van der Waals surface area (Å²) in [4.78, 5) is 41.7. The molecule has 0 saturated carbocycles. The smallest absolute Gasteiger partial charge is 0.245 e. The summed E-state index contributed by atoms with van der Waals surface area (Å²) in [6.07, 6.45) is 1.01. The fourth-order valence-electron chi connectivity index (χ4n) is 3.42. The van der Waals surface area contributed by atoms with E-state index in [0.717, 1.165) is 5.56 Å². The summed E-state index contributed by atoms with van der Waals surface area (Å²) in [5, 5.41) is 0. The van der Waals surface area contributed by atoms with E-state index in [2.05, 4.69) is 0 Å². The lowest BCUT2D eigenvalue weighted by atomic mass is 10.1. The minimum atomic E-state index is -0.374. The van der Waals surface area contributed by atoms with Gasteiger partial charge in [0, 0.05) is 46.1 Å². The molecule has 0 aliphatic carbocycles. The summed E-state index contributed by atoms with van der Waals surface area (Å²) in [7, 11) is 0. The molecule has 2 aliphatic rings. The van der Waals surface area contributed by atoms with Crippen LogP contribution in [0.1, 0.15) is 25.3 Å². The van der Waals surface area contributed by atoms with Crippen molar-refractivity contribution in [2.75, 3.05) is 26.2 Å². The largest absolute Gasteiger partial charge is 0.339 e. The van der Waals surface area contributed by atoms with Crippen LogP contribution in [0.15, 0.2) is 30.3 Å². The van der Waals surface area contributed by atoms with Crippen molar-refractivity contribution in [1.29, 1.82) is 0 Å². The number of hydrogen-bond donors (Lipinski definition) is 0. The first-order valence-electron chi connectivity index (χ1n) is 8.44. The Bertz CT molecular complexity index is 624. The number of hydrogen-bond acceptors (Lipinski definition) is 3. The van der Waals surface area contributed by atoms with Crippen LogP contribution in [0.25, 0.3) is 0 Å². The van der Waals surface area contributed by atoms with Crippen LogP contribution >= 0.6 is 0 Å². The average molecular weight is 329 g/mol. The zero-order valence-electron chi connectivity index (χ0n) is 14.0. The number of likely N-dealkylation sites (tertiary alicyclic amines) is 1. The SMILES string of the molecule is CC(=O)N1CCN(C(=O)C2CCC(=O)N2Cc2ccccc2)CC1. The fourth-order valence-corrected chi connectivity index (χ4v) is 3.42. The number of carbonyl (C=O) groups is 3. The van der Waals surface area contributed by atoms with Gasteiger partial charge in [-0.2, -0.15) is 0 Å². The third-order valence-corrected chi connectivity index (χ3v) is 4.85. The zero-order valence-corrected chi connectivity index (χ0v) is 14.0. The highest BCUT2D eigenvalue weighted by Crippen LogP contribution is 2.23. The first-order chi connectivity index (χ1) is 11.6. The van der Waals surface area contributed by atoms with Crippen molar-refractivity contribution in [1.82, 2.24) is 14.7 Å². The van der Waals surface area contributed by atoms with E-state index in [9.17, 15) is 14.4 Å². The molecule has 0 spiro atoms. The maximum absolute atomic E-state index is 12.9. The van der Waals surface area contributed by atoms with Gasteiger partial charge in [0.1, 0.15) is 6.04 Å². The Kier molecular flexibility index (Phi) is 4.83. The van der Waals surface area contributed by atoms with Crippen LogP contribution in [-0.4, -0.2) is 64.6 Å². The standard InChI is InChI=1S/C18H23N3O3/c1-14(22)19-9-11-20(12-10-19)18(24)16-7-8-17(23)21(16)13-15-5-3-2-4-6-15/h2-6,16H,7-13H2,1H3. The summed E-state index contributed by atoms with van der Waals surface area (Å²) in [5.74, 6) is 0.100. The second kappa shape index (κ2) is 7.03. The highest BCUT2D eigenvalue weighted by molar-refractivity contribution is 5.91. The maximum Gasteiger partial charge on any atom is 0.245 e. The molecular weight excluding hydrogens is 306 g/mol. The third kappa shape index (κ3) is 3.42. The number of amides is 3. The second-order valence-electron chi connectivity index (χ2n) is 6.39. The van der Waals surface area contributed by atoms with E-state index in [1.54, 1.807) is 21.6 Å². The average Bonchev–Trinajstić information content (AvgIpc) is 2.96. The molecule has 2 heterocycles. The molecule has 0 aromatic heterocycles. The van der Waals surface area contributed by atoms with Gasteiger partial charge >= 0.3 is 0 Å². The maximum atomic E-state index is 12.9. The summed E-state index contributed by atoms with van der Waals surface area (Å²) < 4.78 is 0. The Hall–Kier alpha value is -2.37. The first-order valence-corrected chi connectivity index (χ1v) is 8.44. The van der Waals surface area contributed by atoms with Crippen LogP contribution in [0, 0.1) is 0 Å². The topological polar surface area (TPSA) is 60.9 Å². The molecule has 0 N–H and O–H groups in total. The molecule has 0 bridgehead atoms. The van der Waals surface area contributed by atoms with Crippen molar-refractivity contribution in [3.63, 3.8) is 0 Å². The molecule has 2 fully saturated rings. The second-order valence-corrected chi connectivity index (χ2v) is 6.39. The van der Waals surface area contributed by atoms with Crippen molar-refractivity contribution < 1.29 is 14.4 Å². The molecule has 2 aliphatic heterocycles. The highest BCUT2D eigenvalue weighted by atomic mass is 16.2. The molecule has 1 aromatic carbocycles. The van der Waals surface area contributed by atoms with Crippen LogP contribution < -0.4 is 0 Å². The molecule has 3 amide bonds. The molecule has 3 rings (SSSR count). The van der Waals surface area contributed by atoms with E-state index in [4.69, 9.17) is 0 Å². The van der Waals surface area contributed by atoms with Crippen molar-refractivity contribution in [3.05, 3.63) is 35.9 Å². The Morgan fingerprint density at radius 3 is 2.29 bits per heavy atom. The Balaban J connectivity index is 1.65. The first kappa shape index (κ1) is 16.5. The molecule has 6 heteroatoms. The number of rotatable bonds is 3. The predicted molar refractivity (Wildman–Crippen MR) is 88.8 cm³/mol. The monoisotopic (exact) mass is 329 g/mol. The van der Waals surface area contributed by atoms with Gasteiger partial charge in [0.25, 0.3) is 0 Å². The molecule has 1 unspecified atom stereocenters. The minimum absolute atomic E-state index is 0.0139. The van der Waals surface area contributed by atoms with Crippen LogP contribution in [0.2, 0.25) is 0 Å². The number of carbonyl (C=O) groups excluding carboxylic acids is 3. The fraction of sp³-hybridized carbons (Fsp3) is 0.500. The van der Waals surface area contributed by atoms with Crippen molar-refractivity contribution >= 4 is 17.7 Å². The molecular formula is C18H23N3O3. The third-order valence-electron chi connectivity index (χ3n) is 4.85. The van der Waals surface area contributed by atoms with E-state index in [1.165, 1.54) is 0 Å². The number of nitrogens with zero attached hydrogens (tertiary/aromatic N) is 3. The quantitative estimate of drug-likeness (QED) is 0.827. The molecule has 128 valence electrons. The lowest BCUT2D eigenvalue weighted by molar-refractivity contribution is -0.144. The molecule has 0 radical (unpaired) electrons. The number of piperazine rings is 1. The van der Waals surface area contributed by atoms with Crippen molar-refractivity contribution in [2.24, 2.45) is 0 Å². The summed E-state index contributed by atoms with van der Waals surface area (Å²) >= 11 is 0. The van der Waals surface area contributed by atoms with Crippen molar-refractivity contribution in [3.8, 4) is 0 Å². The van der Waals surface area contributed by atoms with Crippen molar-refractivity contribution in [2.45, 2.75) is 32.4 Å². The minimum Gasteiger partial charge on any atom is -0.339 e. The van der Waals surface area contributed by atoms with Gasteiger partial charge < -0.3 is 14.7 Å². The van der Waals surface area contributed by atoms with Crippen LogP contribution in [0.4, 0.5) is 0 Å². The zero-order chi connectivity index (χ0) is 17.1. The lowest BCUT2D eigenvalue weighted by Gasteiger charge is -2.37. The summed E-state index contributed by atoms with van der Waals surface area (Å²) in [6, 6.07) is 9.38. The van der Waals surface area contributed by atoms with Gasteiger partial charge in [0.15, 0.2) is 0 Å². The Morgan fingerprint density at radius 1 is 1.04 bits per heavy atom. The molecule has 1 aromatic rings. The van der Waals surface area contributed by atoms with Crippen LogP contribution in [-0.2, 0) is 20.9 Å². The molecule has 1 atom stereocenters. The van der Waals surface area contributed by atoms with Crippen LogP contribution in [0.5, 0.6) is 0 Å². The Labute approximate surface area is 142 Å². The highest BCUT2D eigenvalue weighted by Gasteiger charge is 2.38. The molecule has 2 saturated heterocycles. The molecule has 6 nitrogen and oxygen atoms in total. The van der Waals surface area contributed by atoms with Gasteiger partial charge in [-0.05, 0) is 12.0 Å². The van der Waals surface area contributed by atoms with E-state index >= 15 is 0 Å². The summed E-state index contributed by atoms with van der Waals surface area (Å²) in [5.41, 5.74) is 1.03. The van der Waals surface area contributed by atoms with Gasteiger partial charge in [0.2, 0.25) is 17.7 Å². The van der Waals surface area contributed by atoms with Gasteiger partial charge in [-0.1, -0.05) is 30.3 Å². The summed E-state index contributed by atoms with van der Waals surface area (Å²) in [6.45, 7) is 4.25. The van der Waals surface area contributed by atoms with Gasteiger partial charge in [-0.25, -0.2) is 0 Å². The number of benzene rings is 1.